The number of hydrogen-bond acceptors (Lipinski definition) is 4. The molecule has 0 aliphatic heterocycles. The molecule has 2 N–H and O–H groups in total. The molecule has 7 heteroatoms. The van der Waals surface area contributed by atoms with Crippen molar-refractivity contribution in [3.8, 4) is 0 Å². The van der Waals surface area contributed by atoms with E-state index >= 15 is 0 Å². The first-order valence-electron chi connectivity index (χ1n) is 6.97. The van der Waals surface area contributed by atoms with Crippen molar-refractivity contribution in [1.82, 2.24) is 10.9 Å². The molecule has 0 spiro atoms. The van der Waals surface area contributed by atoms with Crippen LogP contribution in [0.4, 0.5) is 0 Å². The van der Waals surface area contributed by atoms with E-state index < -0.39 is 17.8 Å². The summed E-state index contributed by atoms with van der Waals surface area (Å²) in [6, 6.07) is 11.0. The van der Waals surface area contributed by atoms with Gasteiger partial charge in [0.05, 0.1) is 12.7 Å². The number of methoxy groups -OCH3 is 1. The number of nitrogens with one attached hydrogen (secondary N) is 2. The minimum atomic E-state index is -0.494. The molecule has 0 heterocycles. The van der Waals surface area contributed by atoms with E-state index in [2.05, 4.69) is 31.5 Å². The molecule has 2 aromatic carbocycles. The number of carbonyl (C=O) groups excluding carboxylic acids is 3. The molecule has 0 unspecified atom stereocenters. The highest BCUT2D eigenvalue weighted by Gasteiger charge is 2.11. The standard InChI is InChI=1S/C17H15BrN2O4/c1-10-3-4-13(9-14(10)18)16(22)20-19-15(21)11-5-7-12(8-6-11)17(23)24-2/h3-9H,1-2H3,(H,19,21)(H,20,22). The van der Waals surface area contributed by atoms with Gasteiger partial charge < -0.3 is 4.74 Å². The van der Waals surface area contributed by atoms with Crippen LogP contribution in [0.15, 0.2) is 46.9 Å². The van der Waals surface area contributed by atoms with Crippen molar-refractivity contribution in [2.24, 2.45) is 0 Å². The third-order valence-electron chi connectivity index (χ3n) is 3.29. The Balaban J connectivity index is 1.98. The monoisotopic (exact) mass is 390 g/mol. The minimum Gasteiger partial charge on any atom is -0.465 e. The van der Waals surface area contributed by atoms with Crippen LogP contribution in [0, 0.1) is 6.92 Å². The van der Waals surface area contributed by atoms with Crippen LogP contribution in [0.5, 0.6) is 0 Å². The van der Waals surface area contributed by atoms with E-state index in [1.54, 1.807) is 18.2 Å². The molecular weight excluding hydrogens is 376 g/mol. The molecule has 0 aliphatic carbocycles. The van der Waals surface area contributed by atoms with E-state index in [1.807, 2.05) is 6.92 Å². The number of halogens is 1. The van der Waals surface area contributed by atoms with E-state index in [-0.39, 0.29) is 0 Å². The summed E-state index contributed by atoms with van der Waals surface area (Å²) in [6.07, 6.45) is 0. The van der Waals surface area contributed by atoms with Crippen molar-refractivity contribution in [1.29, 1.82) is 0 Å². The Hall–Kier alpha value is -2.67. The molecule has 0 aliphatic rings. The van der Waals surface area contributed by atoms with E-state index in [9.17, 15) is 14.4 Å². The lowest BCUT2D eigenvalue weighted by Crippen LogP contribution is -2.41. The van der Waals surface area contributed by atoms with Gasteiger partial charge in [-0.25, -0.2) is 4.79 Å². The average molecular weight is 391 g/mol. The largest absolute Gasteiger partial charge is 0.465 e. The van der Waals surface area contributed by atoms with Gasteiger partial charge in [0.15, 0.2) is 0 Å². The fourth-order valence-electron chi connectivity index (χ4n) is 1.87. The Morgan fingerprint density at radius 3 is 1.92 bits per heavy atom. The smallest absolute Gasteiger partial charge is 0.337 e. The molecule has 124 valence electrons. The number of ether oxygens (including phenoxy) is 1. The molecule has 0 fully saturated rings. The first-order valence-corrected chi connectivity index (χ1v) is 7.77. The molecule has 0 bridgehead atoms. The van der Waals surface area contributed by atoms with Gasteiger partial charge in [-0.2, -0.15) is 0 Å². The summed E-state index contributed by atoms with van der Waals surface area (Å²) in [7, 11) is 1.28. The third kappa shape index (κ3) is 4.20. The van der Waals surface area contributed by atoms with Gasteiger partial charge in [0.1, 0.15) is 0 Å². The number of rotatable bonds is 3. The second-order valence-corrected chi connectivity index (χ2v) is 5.80. The summed E-state index contributed by atoms with van der Waals surface area (Å²) in [5.41, 5.74) is 6.71. The Morgan fingerprint density at radius 1 is 0.875 bits per heavy atom. The predicted molar refractivity (Wildman–Crippen MR) is 91.6 cm³/mol. The fraction of sp³-hybridized carbons (Fsp3) is 0.118. The van der Waals surface area contributed by atoms with Gasteiger partial charge in [-0.15, -0.1) is 0 Å². The van der Waals surface area contributed by atoms with Crippen molar-refractivity contribution in [3.63, 3.8) is 0 Å². The van der Waals surface area contributed by atoms with Crippen LogP contribution in [0.1, 0.15) is 36.6 Å². The second kappa shape index (κ2) is 7.74. The SMILES string of the molecule is COC(=O)c1ccc(C(=O)NNC(=O)c2ccc(C)c(Br)c2)cc1. The number of esters is 1. The molecule has 6 nitrogen and oxygen atoms in total. The van der Waals surface area contributed by atoms with Crippen LogP contribution in [0.3, 0.4) is 0 Å². The predicted octanol–water partition coefficient (Wildman–Crippen LogP) is 2.62. The molecule has 0 radical (unpaired) electrons. The summed E-state index contributed by atoms with van der Waals surface area (Å²) in [4.78, 5) is 35.4. The zero-order valence-corrected chi connectivity index (χ0v) is 14.6. The van der Waals surface area contributed by atoms with Crippen LogP contribution >= 0.6 is 15.9 Å². The van der Waals surface area contributed by atoms with Gasteiger partial charge >= 0.3 is 5.97 Å². The number of hydrazine groups is 1. The average Bonchev–Trinajstić information content (AvgIpc) is 2.61. The number of aryl methyl sites for hydroxylation is 1. The van der Waals surface area contributed by atoms with E-state index in [0.717, 1.165) is 10.0 Å². The quantitative estimate of drug-likeness (QED) is 0.623. The van der Waals surface area contributed by atoms with Crippen LogP contribution in [0.25, 0.3) is 0 Å². The lowest BCUT2D eigenvalue weighted by molar-refractivity contribution is 0.0600. The number of amides is 2. The Bertz CT molecular complexity index is 788. The minimum absolute atomic E-state index is 0.299. The molecule has 0 aromatic heterocycles. The van der Waals surface area contributed by atoms with Gasteiger partial charge in [-0.3, -0.25) is 20.4 Å². The number of hydrogen-bond donors (Lipinski definition) is 2. The molecular formula is C17H15BrN2O4. The zero-order chi connectivity index (χ0) is 17.7. The van der Waals surface area contributed by atoms with Crippen molar-refractivity contribution >= 4 is 33.7 Å². The lowest BCUT2D eigenvalue weighted by atomic mass is 10.1. The summed E-state index contributed by atoms with van der Waals surface area (Å²) >= 11 is 3.35. The summed E-state index contributed by atoms with van der Waals surface area (Å²) < 4.78 is 5.39. The zero-order valence-electron chi connectivity index (χ0n) is 13.1. The Morgan fingerprint density at radius 2 is 1.38 bits per heavy atom. The van der Waals surface area contributed by atoms with Crippen LogP contribution in [-0.4, -0.2) is 24.9 Å². The van der Waals surface area contributed by atoms with E-state index in [1.165, 1.54) is 31.4 Å². The first kappa shape index (κ1) is 17.7. The molecule has 0 atom stereocenters. The molecule has 2 aromatic rings. The maximum Gasteiger partial charge on any atom is 0.337 e. The van der Waals surface area contributed by atoms with Crippen molar-refractivity contribution < 1.29 is 19.1 Å². The molecule has 0 saturated heterocycles. The normalized spacial score (nSPS) is 9.96. The van der Waals surface area contributed by atoms with Crippen molar-refractivity contribution in [2.45, 2.75) is 6.92 Å². The Labute approximate surface area is 147 Å². The van der Waals surface area contributed by atoms with E-state index in [4.69, 9.17) is 0 Å². The fourth-order valence-corrected chi connectivity index (χ4v) is 2.25. The topological polar surface area (TPSA) is 84.5 Å². The molecule has 2 amide bonds. The third-order valence-corrected chi connectivity index (χ3v) is 4.15. The highest BCUT2D eigenvalue weighted by Crippen LogP contribution is 2.17. The molecule has 2 rings (SSSR count). The second-order valence-electron chi connectivity index (χ2n) is 4.94. The number of benzene rings is 2. The summed E-state index contributed by atoms with van der Waals surface area (Å²) in [6.45, 7) is 1.91. The van der Waals surface area contributed by atoms with Crippen LogP contribution < -0.4 is 10.9 Å². The van der Waals surface area contributed by atoms with E-state index in [0.29, 0.717) is 16.7 Å². The molecule has 24 heavy (non-hydrogen) atoms. The summed E-state index contributed by atoms with van der Waals surface area (Å²) in [5, 5.41) is 0. The summed E-state index contributed by atoms with van der Waals surface area (Å²) in [5.74, 6) is -1.42. The lowest BCUT2D eigenvalue weighted by Gasteiger charge is -2.08. The van der Waals surface area contributed by atoms with Gasteiger partial charge in [-0.05, 0) is 48.9 Å². The van der Waals surface area contributed by atoms with Crippen molar-refractivity contribution in [3.05, 3.63) is 69.2 Å². The van der Waals surface area contributed by atoms with Gasteiger partial charge in [0, 0.05) is 15.6 Å². The van der Waals surface area contributed by atoms with Crippen LogP contribution in [0.2, 0.25) is 0 Å². The maximum absolute atomic E-state index is 12.0. The van der Waals surface area contributed by atoms with Gasteiger partial charge in [-0.1, -0.05) is 22.0 Å². The first-order chi connectivity index (χ1) is 11.4. The van der Waals surface area contributed by atoms with Gasteiger partial charge in [0.25, 0.3) is 11.8 Å². The molecule has 0 saturated carbocycles. The number of carbonyl (C=O) groups is 3. The van der Waals surface area contributed by atoms with Crippen molar-refractivity contribution in [2.75, 3.05) is 7.11 Å². The maximum atomic E-state index is 12.0. The van der Waals surface area contributed by atoms with Crippen LogP contribution in [-0.2, 0) is 4.74 Å². The van der Waals surface area contributed by atoms with Gasteiger partial charge in [0.2, 0.25) is 0 Å². The highest BCUT2D eigenvalue weighted by atomic mass is 79.9. The Kier molecular flexibility index (Phi) is 5.70. The highest BCUT2D eigenvalue weighted by molar-refractivity contribution is 9.10.